The number of fused-ring (bicyclic) bond motifs is 1. The lowest BCUT2D eigenvalue weighted by atomic mass is 9.99. The number of oxime groups is 1. The van der Waals surface area contributed by atoms with Gasteiger partial charge < -0.3 is 9.36 Å². The topological polar surface area (TPSA) is 125 Å². The molecule has 0 atom stereocenters. The smallest absolute Gasteiger partial charge is 0.278 e. The molecule has 1 aliphatic rings. The first-order valence-corrected chi connectivity index (χ1v) is 10.9. The summed E-state index contributed by atoms with van der Waals surface area (Å²) in [5.74, 6) is -12.4. The van der Waals surface area contributed by atoms with Crippen molar-refractivity contribution in [2.75, 3.05) is 0 Å². The van der Waals surface area contributed by atoms with Gasteiger partial charge in [-0.2, -0.15) is 0 Å². The molecule has 0 amide bonds. The zero-order chi connectivity index (χ0) is 25.2. The first-order chi connectivity index (χ1) is 15.7. The van der Waals surface area contributed by atoms with Gasteiger partial charge in [0.1, 0.15) is 17.0 Å². The Morgan fingerprint density at radius 1 is 1.06 bits per heavy atom. The van der Waals surface area contributed by atoms with E-state index in [9.17, 15) is 40.5 Å². The number of hydrogen-bond donors (Lipinski definition) is 0. The number of nitro groups is 1. The van der Waals surface area contributed by atoms with Crippen molar-refractivity contribution in [3.63, 3.8) is 0 Å². The number of halogens is 5. The Morgan fingerprint density at radius 2 is 1.65 bits per heavy atom. The summed E-state index contributed by atoms with van der Waals surface area (Å²) in [6, 6.07) is 1.33. The second-order valence-corrected chi connectivity index (χ2v) is 9.96. The van der Waals surface area contributed by atoms with Gasteiger partial charge in [0.15, 0.2) is 33.9 Å². The van der Waals surface area contributed by atoms with Crippen LogP contribution in [0.4, 0.5) is 27.6 Å². The zero-order valence-corrected chi connectivity index (χ0v) is 18.0. The van der Waals surface area contributed by atoms with Crippen LogP contribution in [0.1, 0.15) is 26.0 Å². The zero-order valence-electron chi connectivity index (χ0n) is 17.2. The summed E-state index contributed by atoms with van der Waals surface area (Å²) in [7, 11) is -4.10. The van der Waals surface area contributed by atoms with Crippen LogP contribution < -0.4 is 0 Å². The molecule has 9 nitrogen and oxygen atoms in total. The van der Waals surface area contributed by atoms with Crippen LogP contribution in [0.3, 0.4) is 0 Å². The SMILES string of the molecule is CC1(C)CC(S(=O)(=O)Cc2noc3cc(-c4c(F)c(F)c(F)c(F)c4F)c([N+](=O)[O-])cc23)=NO1. The molecule has 4 rings (SSSR count). The van der Waals surface area contributed by atoms with Crippen LogP contribution in [0.2, 0.25) is 0 Å². The number of rotatable bonds is 4. The largest absolute Gasteiger partial charge is 0.389 e. The average molecular weight is 505 g/mol. The molecule has 3 aromatic rings. The third kappa shape index (κ3) is 3.74. The predicted octanol–water partition coefficient (Wildman–Crippen LogP) is 4.53. The van der Waals surface area contributed by atoms with Crippen LogP contribution >= 0.6 is 0 Å². The van der Waals surface area contributed by atoms with E-state index < -0.39 is 72.0 Å². The molecular weight excluding hydrogens is 493 g/mol. The minimum Gasteiger partial charge on any atom is -0.389 e. The van der Waals surface area contributed by atoms with E-state index in [-0.39, 0.29) is 28.1 Å². The fraction of sp³-hybridized carbons (Fsp3) is 0.263. The Bertz CT molecular complexity index is 1490. The fourth-order valence-corrected chi connectivity index (χ4v) is 4.81. The van der Waals surface area contributed by atoms with Crippen LogP contribution in [0, 0.1) is 39.2 Å². The maximum Gasteiger partial charge on any atom is 0.278 e. The van der Waals surface area contributed by atoms with Crippen molar-refractivity contribution in [2.24, 2.45) is 5.16 Å². The van der Waals surface area contributed by atoms with Gasteiger partial charge in [0, 0.05) is 12.5 Å². The molecule has 0 saturated heterocycles. The van der Waals surface area contributed by atoms with E-state index in [0.717, 1.165) is 0 Å². The van der Waals surface area contributed by atoms with Crippen molar-refractivity contribution < 1.29 is 44.7 Å². The average Bonchev–Trinajstić information content (AvgIpc) is 3.32. The van der Waals surface area contributed by atoms with E-state index in [4.69, 9.17) is 9.36 Å². The molecule has 180 valence electrons. The monoisotopic (exact) mass is 505 g/mol. The van der Waals surface area contributed by atoms with Gasteiger partial charge in [-0.1, -0.05) is 10.3 Å². The standard InChI is InChI=1S/C19H12F5N3O6S/c1-19(2)5-12(26-33-19)34(30,31)6-9-7-3-10(27(28)29)8(4-11(7)32-25-9)13-14(20)16(22)18(24)17(23)15(13)21/h3-4H,5-6H2,1-2H3. The molecule has 0 radical (unpaired) electrons. The lowest BCUT2D eigenvalue weighted by Gasteiger charge is -2.13. The van der Waals surface area contributed by atoms with Crippen LogP contribution in [0.15, 0.2) is 21.8 Å². The normalized spacial score (nSPS) is 15.4. The molecule has 0 aliphatic carbocycles. The summed E-state index contributed by atoms with van der Waals surface area (Å²) in [5.41, 5.74) is -5.15. The molecule has 2 heterocycles. The Kier molecular flexibility index (Phi) is 5.34. The first-order valence-electron chi connectivity index (χ1n) is 9.30. The third-order valence-electron chi connectivity index (χ3n) is 5.00. The quantitative estimate of drug-likeness (QED) is 0.168. The van der Waals surface area contributed by atoms with Gasteiger partial charge >= 0.3 is 0 Å². The van der Waals surface area contributed by atoms with Gasteiger partial charge in [-0.15, -0.1) is 0 Å². The Labute approximate surface area is 186 Å². The molecule has 0 saturated carbocycles. The predicted molar refractivity (Wildman–Crippen MR) is 106 cm³/mol. The minimum atomic E-state index is -4.10. The Hall–Kier alpha value is -3.62. The Morgan fingerprint density at radius 3 is 2.18 bits per heavy atom. The van der Waals surface area contributed by atoms with Crippen molar-refractivity contribution in [3.05, 3.63) is 57.0 Å². The van der Waals surface area contributed by atoms with Gasteiger partial charge in [0.05, 0.1) is 21.4 Å². The highest BCUT2D eigenvalue weighted by atomic mass is 32.2. The summed E-state index contributed by atoms with van der Waals surface area (Å²) >= 11 is 0. The molecule has 1 aliphatic heterocycles. The van der Waals surface area contributed by atoms with Crippen molar-refractivity contribution in [1.82, 2.24) is 5.16 Å². The fourth-order valence-electron chi connectivity index (χ4n) is 3.35. The second kappa shape index (κ2) is 7.72. The van der Waals surface area contributed by atoms with Crippen molar-refractivity contribution in [3.8, 4) is 11.1 Å². The van der Waals surface area contributed by atoms with Crippen LogP contribution in [-0.2, 0) is 20.4 Å². The molecule has 2 aromatic carbocycles. The second-order valence-electron chi connectivity index (χ2n) is 7.97. The molecule has 0 spiro atoms. The van der Waals surface area contributed by atoms with Gasteiger partial charge in [0.25, 0.3) is 5.69 Å². The molecule has 1 aromatic heterocycles. The number of nitro benzene ring substituents is 1. The van der Waals surface area contributed by atoms with Crippen molar-refractivity contribution in [1.29, 1.82) is 0 Å². The number of sulfone groups is 1. The summed E-state index contributed by atoms with van der Waals surface area (Å²) in [6.07, 6.45) is -0.0460. The molecule has 0 bridgehead atoms. The van der Waals surface area contributed by atoms with E-state index in [1.165, 1.54) is 0 Å². The first kappa shape index (κ1) is 23.5. The minimum absolute atomic E-state index is 0.0460. The highest BCUT2D eigenvalue weighted by Gasteiger charge is 2.37. The van der Waals surface area contributed by atoms with Crippen molar-refractivity contribution in [2.45, 2.75) is 31.6 Å². The number of aromatic nitrogens is 1. The molecule has 34 heavy (non-hydrogen) atoms. The number of benzene rings is 2. The summed E-state index contributed by atoms with van der Waals surface area (Å²) in [6.45, 7) is 3.21. The van der Waals surface area contributed by atoms with Crippen LogP contribution in [-0.4, -0.2) is 29.1 Å². The Balaban J connectivity index is 1.86. The molecule has 0 fully saturated rings. The maximum absolute atomic E-state index is 14.3. The maximum atomic E-state index is 14.3. The molecule has 15 heteroatoms. The number of hydrogen-bond acceptors (Lipinski definition) is 8. The van der Waals surface area contributed by atoms with Gasteiger partial charge in [-0.05, 0) is 19.9 Å². The van der Waals surface area contributed by atoms with Crippen LogP contribution in [0.5, 0.6) is 0 Å². The molecule has 0 N–H and O–H groups in total. The van der Waals surface area contributed by atoms with E-state index in [2.05, 4.69) is 10.3 Å². The lowest BCUT2D eigenvalue weighted by Crippen LogP contribution is -2.23. The molecular formula is C19H12F5N3O6S. The van der Waals surface area contributed by atoms with E-state index in [1.54, 1.807) is 13.8 Å². The van der Waals surface area contributed by atoms with Gasteiger partial charge in [-0.3, -0.25) is 10.1 Å². The van der Waals surface area contributed by atoms with Gasteiger partial charge in [-0.25, -0.2) is 30.4 Å². The van der Waals surface area contributed by atoms with Crippen molar-refractivity contribution >= 4 is 31.5 Å². The van der Waals surface area contributed by atoms with E-state index in [1.807, 2.05) is 0 Å². The van der Waals surface area contributed by atoms with E-state index in [0.29, 0.717) is 12.1 Å². The van der Waals surface area contributed by atoms with E-state index >= 15 is 0 Å². The van der Waals surface area contributed by atoms with Crippen LogP contribution in [0.25, 0.3) is 22.1 Å². The number of nitrogens with zero attached hydrogens (tertiary/aromatic N) is 3. The summed E-state index contributed by atoms with van der Waals surface area (Å²) in [4.78, 5) is 15.5. The highest BCUT2D eigenvalue weighted by Crippen LogP contribution is 2.40. The summed E-state index contributed by atoms with van der Waals surface area (Å²) in [5, 5.41) is 18.2. The summed E-state index contributed by atoms with van der Waals surface area (Å²) < 4.78 is 99.7. The highest BCUT2D eigenvalue weighted by molar-refractivity contribution is 8.05. The lowest BCUT2D eigenvalue weighted by molar-refractivity contribution is -0.384. The third-order valence-corrected chi connectivity index (χ3v) is 6.59. The molecule has 0 unspecified atom stereocenters. The van der Waals surface area contributed by atoms with Gasteiger partial charge in [0.2, 0.25) is 15.7 Å².